The van der Waals surface area contributed by atoms with Crippen LogP contribution in [0.4, 0.5) is 0 Å². The van der Waals surface area contributed by atoms with Crippen molar-refractivity contribution in [3.8, 4) is 0 Å². The van der Waals surface area contributed by atoms with E-state index in [-0.39, 0.29) is 0 Å². The van der Waals surface area contributed by atoms with Gasteiger partial charge in [-0.2, -0.15) is 0 Å². The van der Waals surface area contributed by atoms with Crippen LogP contribution in [0.2, 0.25) is 0 Å². The molecule has 0 amide bonds. The second-order valence-corrected chi connectivity index (χ2v) is 4.50. The van der Waals surface area contributed by atoms with Crippen LogP contribution in [0.15, 0.2) is 30.5 Å². The molecule has 1 aliphatic rings. The normalized spacial score (nSPS) is 17.6. The number of carbonyl (C=O) groups is 1. The van der Waals surface area contributed by atoms with E-state index in [1.54, 1.807) is 13.4 Å². The number of hydrogen-bond donors (Lipinski definition) is 1. The van der Waals surface area contributed by atoms with Gasteiger partial charge < -0.3 is 9.84 Å². The Labute approximate surface area is 101 Å². The van der Waals surface area contributed by atoms with Crippen molar-refractivity contribution in [2.24, 2.45) is 0 Å². The Hall–Kier alpha value is -1.77. The van der Waals surface area contributed by atoms with Gasteiger partial charge in [0.05, 0.1) is 18.8 Å². The number of methoxy groups -OCH3 is 1. The van der Waals surface area contributed by atoms with E-state index in [4.69, 9.17) is 4.74 Å². The Morgan fingerprint density at radius 3 is 2.71 bits per heavy atom. The molecule has 2 rings (SSSR count). The average Bonchev–Trinajstić information content (AvgIpc) is 3.11. The maximum absolute atomic E-state index is 11.3. The van der Waals surface area contributed by atoms with Crippen LogP contribution in [-0.2, 0) is 14.9 Å². The summed E-state index contributed by atoms with van der Waals surface area (Å²) in [7, 11) is 1.60. The van der Waals surface area contributed by atoms with E-state index in [1.165, 1.54) is 0 Å². The summed E-state index contributed by atoms with van der Waals surface area (Å²) in [5.41, 5.74) is 2.27. The minimum absolute atomic E-state index is 0.636. The lowest BCUT2D eigenvalue weighted by Crippen LogP contribution is -2.19. The molecule has 0 atom stereocenters. The Morgan fingerprint density at radius 1 is 1.47 bits per heavy atom. The molecule has 90 valence electrons. The van der Waals surface area contributed by atoms with Crippen molar-refractivity contribution in [1.29, 1.82) is 0 Å². The van der Waals surface area contributed by atoms with E-state index in [1.807, 2.05) is 31.2 Å². The van der Waals surface area contributed by atoms with E-state index in [9.17, 15) is 9.90 Å². The van der Waals surface area contributed by atoms with Crippen LogP contribution in [0.25, 0.3) is 5.57 Å². The summed E-state index contributed by atoms with van der Waals surface area (Å²) in [5.74, 6) is -0.719. The van der Waals surface area contributed by atoms with E-state index in [0.717, 1.165) is 29.5 Å². The first-order chi connectivity index (χ1) is 8.10. The summed E-state index contributed by atoms with van der Waals surface area (Å²) in [6.07, 6.45) is 3.14. The second kappa shape index (κ2) is 4.24. The van der Waals surface area contributed by atoms with Crippen molar-refractivity contribution in [2.75, 3.05) is 7.11 Å². The number of allylic oxidation sites excluding steroid dienone is 1. The highest BCUT2D eigenvalue weighted by atomic mass is 16.5. The molecule has 0 aromatic heterocycles. The molecule has 1 N–H and O–H groups in total. The third-order valence-corrected chi connectivity index (χ3v) is 3.32. The highest BCUT2D eigenvalue weighted by molar-refractivity contribution is 5.85. The molecule has 0 bridgehead atoms. The number of carboxylic acid groups (broad SMARTS) is 1. The Kier molecular flexibility index (Phi) is 2.92. The van der Waals surface area contributed by atoms with Gasteiger partial charge in [0.15, 0.2) is 0 Å². The van der Waals surface area contributed by atoms with Gasteiger partial charge in [-0.15, -0.1) is 0 Å². The van der Waals surface area contributed by atoms with Gasteiger partial charge in [-0.3, -0.25) is 4.79 Å². The predicted molar refractivity (Wildman–Crippen MR) is 65.6 cm³/mol. The Bertz CT molecular complexity index is 470. The Balaban J connectivity index is 2.36. The fourth-order valence-corrected chi connectivity index (χ4v) is 2.06. The smallest absolute Gasteiger partial charge is 0.314 e. The van der Waals surface area contributed by atoms with Gasteiger partial charge in [-0.25, -0.2) is 0 Å². The molecule has 0 spiro atoms. The van der Waals surface area contributed by atoms with Crippen molar-refractivity contribution in [1.82, 2.24) is 0 Å². The van der Waals surface area contributed by atoms with Crippen molar-refractivity contribution >= 4 is 11.5 Å². The third kappa shape index (κ3) is 2.05. The number of hydrogen-bond acceptors (Lipinski definition) is 2. The van der Waals surface area contributed by atoms with E-state index in [0.29, 0.717) is 0 Å². The van der Waals surface area contributed by atoms with E-state index in [2.05, 4.69) is 0 Å². The molecule has 3 heteroatoms. The zero-order valence-corrected chi connectivity index (χ0v) is 10.1. The lowest BCUT2D eigenvalue weighted by atomic mass is 9.93. The van der Waals surface area contributed by atoms with Gasteiger partial charge in [0.25, 0.3) is 0 Å². The maximum atomic E-state index is 11.3. The fourth-order valence-electron chi connectivity index (χ4n) is 2.06. The summed E-state index contributed by atoms with van der Waals surface area (Å²) < 4.78 is 4.97. The fraction of sp³-hybridized carbons (Fsp3) is 0.357. The van der Waals surface area contributed by atoms with Gasteiger partial charge >= 0.3 is 5.97 Å². The molecule has 0 saturated heterocycles. The lowest BCUT2D eigenvalue weighted by Gasteiger charge is -2.11. The summed E-state index contributed by atoms with van der Waals surface area (Å²) in [5, 5.41) is 9.25. The zero-order chi connectivity index (χ0) is 12.5. The first kappa shape index (κ1) is 11.7. The quantitative estimate of drug-likeness (QED) is 0.812. The van der Waals surface area contributed by atoms with Gasteiger partial charge in [0.1, 0.15) is 0 Å². The minimum Gasteiger partial charge on any atom is -0.504 e. The number of rotatable bonds is 4. The molecule has 0 heterocycles. The van der Waals surface area contributed by atoms with Crippen LogP contribution >= 0.6 is 0 Å². The lowest BCUT2D eigenvalue weighted by molar-refractivity contribution is -0.140. The van der Waals surface area contributed by atoms with Crippen molar-refractivity contribution in [3.05, 3.63) is 41.7 Å². The molecule has 0 unspecified atom stereocenters. The third-order valence-electron chi connectivity index (χ3n) is 3.32. The summed E-state index contributed by atoms with van der Waals surface area (Å²) in [6, 6.07) is 7.71. The molecular formula is C14H16O3. The Morgan fingerprint density at radius 2 is 2.18 bits per heavy atom. The van der Waals surface area contributed by atoms with Crippen molar-refractivity contribution < 1.29 is 14.6 Å². The van der Waals surface area contributed by atoms with Crippen LogP contribution in [-0.4, -0.2) is 18.2 Å². The van der Waals surface area contributed by atoms with Gasteiger partial charge in [-0.05, 0) is 36.5 Å². The van der Waals surface area contributed by atoms with Crippen molar-refractivity contribution in [2.45, 2.75) is 25.2 Å². The zero-order valence-electron chi connectivity index (χ0n) is 10.1. The first-order valence-electron chi connectivity index (χ1n) is 5.64. The molecule has 0 radical (unpaired) electrons. The molecule has 0 aliphatic heterocycles. The molecule has 1 aliphatic carbocycles. The SMILES string of the molecule is COC=C(C)c1cccc(C2(C(=O)O)CC2)c1. The van der Waals surface area contributed by atoms with Gasteiger partial charge in [-0.1, -0.05) is 24.3 Å². The number of benzene rings is 1. The number of aliphatic carboxylic acids is 1. The van der Waals surface area contributed by atoms with Gasteiger partial charge in [0, 0.05) is 0 Å². The van der Waals surface area contributed by atoms with Gasteiger partial charge in [0.2, 0.25) is 0 Å². The molecule has 1 aromatic carbocycles. The first-order valence-corrected chi connectivity index (χ1v) is 5.64. The monoisotopic (exact) mass is 232 g/mol. The topological polar surface area (TPSA) is 46.5 Å². The number of ether oxygens (including phenoxy) is 1. The molecule has 3 nitrogen and oxygen atoms in total. The summed E-state index contributed by atoms with van der Waals surface area (Å²) in [6.45, 7) is 1.95. The summed E-state index contributed by atoms with van der Waals surface area (Å²) >= 11 is 0. The number of carboxylic acids is 1. The molecule has 1 saturated carbocycles. The highest BCUT2D eigenvalue weighted by Gasteiger charge is 2.51. The predicted octanol–water partition coefficient (Wildman–Crippen LogP) is 2.81. The van der Waals surface area contributed by atoms with Crippen LogP contribution in [0.1, 0.15) is 30.9 Å². The average molecular weight is 232 g/mol. The van der Waals surface area contributed by atoms with E-state index < -0.39 is 11.4 Å². The van der Waals surface area contributed by atoms with Crippen LogP contribution < -0.4 is 0 Å². The minimum atomic E-state index is -0.719. The van der Waals surface area contributed by atoms with Crippen LogP contribution in [0.3, 0.4) is 0 Å². The standard InChI is InChI=1S/C14H16O3/c1-10(9-17-2)11-4-3-5-12(8-11)14(6-7-14)13(15)16/h3-5,8-9H,6-7H2,1-2H3,(H,15,16). The van der Waals surface area contributed by atoms with E-state index >= 15 is 0 Å². The molecule has 1 aromatic rings. The highest BCUT2D eigenvalue weighted by Crippen LogP contribution is 2.48. The maximum Gasteiger partial charge on any atom is 0.314 e. The largest absolute Gasteiger partial charge is 0.504 e. The molecule has 1 fully saturated rings. The van der Waals surface area contributed by atoms with Crippen LogP contribution in [0.5, 0.6) is 0 Å². The van der Waals surface area contributed by atoms with Crippen LogP contribution in [0, 0.1) is 0 Å². The summed E-state index contributed by atoms with van der Waals surface area (Å²) in [4.78, 5) is 11.3. The van der Waals surface area contributed by atoms with Crippen molar-refractivity contribution in [3.63, 3.8) is 0 Å². The molecular weight excluding hydrogens is 216 g/mol. The second-order valence-electron chi connectivity index (χ2n) is 4.50. The molecule has 17 heavy (non-hydrogen) atoms.